The van der Waals surface area contributed by atoms with E-state index in [4.69, 9.17) is 4.43 Å². The zero-order valence-corrected chi connectivity index (χ0v) is 25.5. The van der Waals surface area contributed by atoms with E-state index in [1.54, 1.807) is 0 Å². The van der Waals surface area contributed by atoms with Crippen LogP contribution in [0.2, 0.25) is 18.1 Å². The molecule has 2 aromatic rings. The minimum absolute atomic E-state index is 0.141. The Kier molecular flexibility index (Phi) is 11.0. The number of benzene rings is 2. The monoisotopic (exact) mass is 524 g/mol. The number of β-amino-alcohol motifs (C(OH)–C–C–N with tert-alkyl or cyclic N) is 1. The summed E-state index contributed by atoms with van der Waals surface area (Å²) in [5, 5.41) is 9.98. The van der Waals surface area contributed by atoms with Gasteiger partial charge in [0, 0.05) is 39.3 Å². The summed E-state index contributed by atoms with van der Waals surface area (Å²) in [5.41, 5.74) is 2.74. The van der Waals surface area contributed by atoms with Crippen molar-refractivity contribution in [2.45, 2.75) is 90.9 Å². The Bertz CT molecular complexity index is 905. The molecule has 0 aliphatic carbocycles. The molecular formula is C32H52N2O2Si. The van der Waals surface area contributed by atoms with Crippen molar-refractivity contribution in [3.8, 4) is 0 Å². The van der Waals surface area contributed by atoms with E-state index in [0.717, 1.165) is 39.1 Å². The average Bonchev–Trinajstić information content (AvgIpc) is 2.79. The summed E-state index contributed by atoms with van der Waals surface area (Å²) >= 11 is 0. The number of hydrogen-bond acceptors (Lipinski definition) is 4. The van der Waals surface area contributed by atoms with E-state index in [1.165, 1.54) is 24.1 Å². The van der Waals surface area contributed by atoms with Crippen molar-refractivity contribution in [1.29, 1.82) is 0 Å². The molecule has 37 heavy (non-hydrogen) atoms. The second kappa shape index (κ2) is 13.5. The Hall–Kier alpha value is -1.50. The first-order valence-electron chi connectivity index (χ1n) is 14.3. The summed E-state index contributed by atoms with van der Waals surface area (Å²) in [6.45, 7) is 22.5. The van der Waals surface area contributed by atoms with Crippen LogP contribution in [0, 0.1) is 11.8 Å². The predicted octanol–water partition coefficient (Wildman–Crippen LogP) is 6.81. The van der Waals surface area contributed by atoms with Gasteiger partial charge >= 0.3 is 0 Å². The molecule has 206 valence electrons. The fraction of sp³-hybridized carbons (Fsp3) is 0.625. The van der Waals surface area contributed by atoms with E-state index < -0.39 is 8.32 Å². The lowest BCUT2D eigenvalue weighted by atomic mass is 9.97. The zero-order valence-electron chi connectivity index (χ0n) is 24.5. The van der Waals surface area contributed by atoms with Crippen LogP contribution in [0.15, 0.2) is 60.7 Å². The van der Waals surface area contributed by atoms with Gasteiger partial charge in [-0.05, 0) is 53.9 Å². The number of piperidine rings is 2. The van der Waals surface area contributed by atoms with Gasteiger partial charge in [-0.15, -0.1) is 0 Å². The Morgan fingerprint density at radius 3 is 1.68 bits per heavy atom. The third-order valence-electron chi connectivity index (χ3n) is 8.18. The maximum absolute atomic E-state index is 9.69. The standard InChI is InChI=1S/C19H33NOSi.C13H19NO/c1-16-12-18(21-22(5,6)19(2,3)4)15-20(13-16)14-17-10-8-7-9-11-17;1-11-7-13(15)10-14(8-11)9-12-5-3-2-4-6-12/h7-11,16,18H,12-15H2,1-6H3;2-6,11,13,15H,7-10H2,1H3/t16-,18+;11-,13+/m00/s1. The second-order valence-electron chi connectivity index (χ2n) is 13.2. The van der Waals surface area contributed by atoms with E-state index in [9.17, 15) is 5.11 Å². The molecule has 0 saturated carbocycles. The normalized spacial score (nSPS) is 25.8. The molecule has 2 saturated heterocycles. The SMILES string of the molecule is C[C@H]1C[C@@H](O)CN(Cc2ccccc2)C1.C[C@H]1C[C@@H](O[Si](C)(C)C(C)(C)C)CN(Cc2ccccc2)C1. The molecule has 0 amide bonds. The largest absolute Gasteiger partial charge is 0.413 e. The van der Waals surface area contributed by atoms with E-state index >= 15 is 0 Å². The number of likely N-dealkylation sites (tertiary alicyclic amines) is 2. The first kappa shape index (κ1) is 30.0. The Morgan fingerprint density at radius 2 is 1.22 bits per heavy atom. The first-order valence-corrected chi connectivity index (χ1v) is 17.2. The van der Waals surface area contributed by atoms with Crippen LogP contribution in [0.5, 0.6) is 0 Å². The lowest BCUT2D eigenvalue weighted by Crippen LogP contribution is -2.50. The minimum Gasteiger partial charge on any atom is -0.413 e. The second-order valence-corrected chi connectivity index (χ2v) is 18.0. The van der Waals surface area contributed by atoms with Crippen LogP contribution >= 0.6 is 0 Å². The molecule has 5 heteroatoms. The predicted molar refractivity (Wildman–Crippen MR) is 159 cm³/mol. The highest BCUT2D eigenvalue weighted by Gasteiger charge is 2.40. The molecule has 4 atom stereocenters. The van der Waals surface area contributed by atoms with Crippen molar-refractivity contribution < 1.29 is 9.53 Å². The average molecular weight is 525 g/mol. The lowest BCUT2D eigenvalue weighted by molar-refractivity contribution is 0.0409. The lowest BCUT2D eigenvalue weighted by Gasteiger charge is -2.44. The summed E-state index contributed by atoms with van der Waals surface area (Å²) in [6, 6.07) is 21.3. The molecule has 2 aliphatic heterocycles. The van der Waals surface area contributed by atoms with Gasteiger partial charge in [0.2, 0.25) is 0 Å². The fourth-order valence-corrected chi connectivity index (χ4v) is 6.81. The molecule has 0 bridgehead atoms. The first-order chi connectivity index (χ1) is 17.4. The van der Waals surface area contributed by atoms with Gasteiger partial charge in [0.15, 0.2) is 8.32 Å². The van der Waals surface area contributed by atoms with E-state index in [0.29, 0.717) is 17.9 Å². The number of nitrogens with zero attached hydrogens (tertiary/aromatic N) is 2. The summed E-state index contributed by atoms with van der Waals surface area (Å²) in [4.78, 5) is 4.91. The maximum Gasteiger partial charge on any atom is 0.192 e. The van der Waals surface area contributed by atoms with Crippen LogP contribution in [0.25, 0.3) is 0 Å². The van der Waals surface area contributed by atoms with Gasteiger partial charge in [-0.3, -0.25) is 9.80 Å². The molecule has 2 heterocycles. The molecule has 2 fully saturated rings. The highest BCUT2D eigenvalue weighted by atomic mass is 28.4. The molecule has 2 aliphatic rings. The summed E-state index contributed by atoms with van der Waals surface area (Å²) in [5.74, 6) is 1.32. The van der Waals surface area contributed by atoms with Crippen molar-refractivity contribution in [3.63, 3.8) is 0 Å². The van der Waals surface area contributed by atoms with Gasteiger partial charge in [0.25, 0.3) is 0 Å². The molecule has 2 aromatic carbocycles. The van der Waals surface area contributed by atoms with Crippen LogP contribution in [-0.2, 0) is 17.5 Å². The molecule has 4 rings (SSSR count). The summed E-state index contributed by atoms with van der Waals surface area (Å²) in [6.07, 6.45) is 2.41. The fourth-order valence-electron chi connectivity index (χ4n) is 5.45. The Labute approximate surface area is 228 Å². The number of aliphatic hydroxyl groups is 1. The molecule has 0 spiro atoms. The van der Waals surface area contributed by atoms with Crippen molar-refractivity contribution in [2.24, 2.45) is 11.8 Å². The van der Waals surface area contributed by atoms with Gasteiger partial charge in [0.1, 0.15) is 0 Å². The molecular weight excluding hydrogens is 472 g/mol. The van der Waals surface area contributed by atoms with Crippen LogP contribution in [0.4, 0.5) is 0 Å². The maximum atomic E-state index is 9.69. The molecule has 1 N–H and O–H groups in total. The van der Waals surface area contributed by atoms with E-state index in [1.807, 2.05) is 6.07 Å². The van der Waals surface area contributed by atoms with Gasteiger partial charge in [-0.25, -0.2) is 0 Å². The number of aliphatic hydroxyl groups excluding tert-OH is 1. The zero-order chi connectivity index (χ0) is 27.1. The van der Waals surface area contributed by atoms with Crippen molar-refractivity contribution >= 4 is 8.32 Å². The smallest absolute Gasteiger partial charge is 0.192 e. The molecule has 4 nitrogen and oxygen atoms in total. The molecule has 0 unspecified atom stereocenters. The minimum atomic E-state index is -1.67. The van der Waals surface area contributed by atoms with E-state index in [2.05, 4.69) is 112 Å². The van der Waals surface area contributed by atoms with Gasteiger partial charge in [0.05, 0.1) is 12.2 Å². The highest BCUT2D eigenvalue weighted by molar-refractivity contribution is 6.74. The highest BCUT2D eigenvalue weighted by Crippen LogP contribution is 2.38. The number of hydrogen-bond donors (Lipinski definition) is 1. The summed E-state index contributed by atoms with van der Waals surface area (Å²) in [7, 11) is -1.67. The molecule has 0 radical (unpaired) electrons. The molecule has 0 aromatic heterocycles. The van der Waals surface area contributed by atoms with Crippen LogP contribution in [-0.4, -0.2) is 61.6 Å². The summed E-state index contributed by atoms with van der Waals surface area (Å²) < 4.78 is 6.68. The van der Waals surface area contributed by atoms with E-state index in [-0.39, 0.29) is 11.1 Å². The van der Waals surface area contributed by atoms with Gasteiger partial charge in [-0.1, -0.05) is 95.3 Å². The van der Waals surface area contributed by atoms with Gasteiger partial charge in [-0.2, -0.15) is 0 Å². The number of rotatable bonds is 6. The van der Waals surface area contributed by atoms with Gasteiger partial charge < -0.3 is 9.53 Å². The van der Waals surface area contributed by atoms with Crippen molar-refractivity contribution in [2.75, 3.05) is 26.2 Å². The van der Waals surface area contributed by atoms with Crippen LogP contribution in [0.3, 0.4) is 0 Å². The van der Waals surface area contributed by atoms with Crippen molar-refractivity contribution in [1.82, 2.24) is 9.80 Å². The van der Waals surface area contributed by atoms with Crippen LogP contribution in [0.1, 0.15) is 58.6 Å². The topological polar surface area (TPSA) is 35.9 Å². The third kappa shape index (κ3) is 9.95. The van der Waals surface area contributed by atoms with Crippen molar-refractivity contribution in [3.05, 3.63) is 71.8 Å². The Morgan fingerprint density at radius 1 is 0.757 bits per heavy atom. The quantitative estimate of drug-likeness (QED) is 0.421. The Balaban J connectivity index is 0.000000220. The third-order valence-corrected chi connectivity index (χ3v) is 12.7. The van der Waals surface area contributed by atoms with Crippen LogP contribution < -0.4 is 0 Å².